The summed E-state index contributed by atoms with van der Waals surface area (Å²) in [4.78, 5) is 51.1. The summed E-state index contributed by atoms with van der Waals surface area (Å²) in [6.07, 6.45) is 20.8. The van der Waals surface area contributed by atoms with Crippen molar-refractivity contribution in [2.24, 2.45) is 11.8 Å². The number of esters is 2. The quantitative estimate of drug-likeness (QED) is 0.0308. The molecule has 0 saturated heterocycles. The Hall–Kier alpha value is -2.71. The molecule has 290 valence electrons. The number of alkyl carbamates (subject to hydrolysis) is 1. The van der Waals surface area contributed by atoms with E-state index in [-0.39, 0.29) is 37.0 Å². The Balaban J connectivity index is 1.80. The molecule has 3 N–H and O–H groups in total. The molecule has 2 rings (SSSR count). The zero-order chi connectivity index (χ0) is 37.6. The van der Waals surface area contributed by atoms with Crippen LogP contribution < -0.4 is 11.1 Å². The van der Waals surface area contributed by atoms with E-state index in [0.717, 1.165) is 19.3 Å². The van der Waals surface area contributed by atoms with Gasteiger partial charge in [0, 0.05) is 18.9 Å². The Bertz CT molecular complexity index is 1310. The second kappa shape index (κ2) is 24.5. The molecule has 2 heterocycles. The van der Waals surface area contributed by atoms with Crippen molar-refractivity contribution in [1.82, 2.24) is 24.8 Å². The standard InChI is InChI=1S/C38H65IN6O6/c1-7-8-9-10-11-12-13-14-15-16-17-18-19-20-21-22-30(46)50-26-29(25-45-27-41-32-33(39)43-36(40)44-34(32)45)23-24-49-35(47)31(28(2)3)42-37(48)51-38(4,5)6/h27-29,31H,7-26H2,1-6H3,(H,42,48)(H2,40,43,44)/t29-,31+/m1/s1. The number of carbonyl (C=O) groups excluding carboxylic acids is 3. The van der Waals surface area contributed by atoms with Crippen molar-refractivity contribution in [2.75, 3.05) is 18.9 Å². The number of nitrogens with zero attached hydrogens (tertiary/aromatic N) is 4. The van der Waals surface area contributed by atoms with E-state index < -0.39 is 23.7 Å². The molecule has 2 atom stereocenters. The monoisotopic (exact) mass is 828 g/mol. The van der Waals surface area contributed by atoms with E-state index in [1.807, 2.05) is 18.4 Å². The number of unbranched alkanes of at least 4 members (excludes halogenated alkanes) is 14. The summed E-state index contributed by atoms with van der Waals surface area (Å²) in [7, 11) is 0. The van der Waals surface area contributed by atoms with Crippen molar-refractivity contribution in [3.63, 3.8) is 0 Å². The Kier molecular flexibility index (Phi) is 21.4. The highest BCUT2D eigenvalue weighted by Crippen LogP contribution is 2.20. The first-order chi connectivity index (χ1) is 24.3. The van der Waals surface area contributed by atoms with E-state index in [2.05, 4.69) is 49.8 Å². The largest absolute Gasteiger partial charge is 0.465 e. The fraction of sp³-hybridized carbons (Fsp3) is 0.789. The molecule has 0 aromatic carbocycles. The molecule has 0 saturated carbocycles. The molecule has 12 nitrogen and oxygen atoms in total. The number of imidazole rings is 1. The molecule has 2 aromatic heterocycles. The number of nitrogen functional groups attached to an aromatic ring is 1. The number of amides is 1. The molecule has 13 heteroatoms. The summed E-state index contributed by atoms with van der Waals surface area (Å²) in [5, 5.41) is 2.63. The van der Waals surface area contributed by atoms with Crippen LogP contribution in [-0.4, -0.2) is 62.4 Å². The first-order valence-corrected chi connectivity index (χ1v) is 20.3. The topological polar surface area (TPSA) is 161 Å². The van der Waals surface area contributed by atoms with E-state index in [1.54, 1.807) is 27.1 Å². The Labute approximate surface area is 319 Å². The van der Waals surface area contributed by atoms with Gasteiger partial charge in [-0.3, -0.25) is 4.79 Å². The summed E-state index contributed by atoms with van der Waals surface area (Å²) in [5.41, 5.74) is 6.43. The zero-order valence-corrected chi connectivity index (χ0v) is 34.3. The van der Waals surface area contributed by atoms with Gasteiger partial charge >= 0.3 is 18.0 Å². The number of anilines is 1. The maximum Gasteiger partial charge on any atom is 0.408 e. The summed E-state index contributed by atoms with van der Waals surface area (Å²) in [6, 6.07) is -0.870. The second-order valence-electron chi connectivity index (χ2n) is 15.0. The van der Waals surface area contributed by atoms with Crippen LogP contribution in [0.15, 0.2) is 6.33 Å². The van der Waals surface area contributed by atoms with E-state index in [1.165, 1.54) is 77.0 Å². The lowest BCUT2D eigenvalue weighted by Gasteiger charge is -2.25. The number of carbonyl (C=O) groups is 3. The van der Waals surface area contributed by atoms with Gasteiger partial charge in [-0.25, -0.2) is 19.6 Å². The van der Waals surface area contributed by atoms with Gasteiger partial charge in [0.15, 0.2) is 5.65 Å². The van der Waals surface area contributed by atoms with Gasteiger partial charge in [0.2, 0.25) is 5.95 Å². The van der Waals surface area contributed by atoms with Crippen molar-refractivity contribution in [3.05, 3.63) is 10.0 Å². The molecule has 0 radical (unpaired) electrons. The fourth-order valence-electron chi connectivity index (χ4n) is 5.84. The van der Waals surface area contributed by atoms with Crippen molar-refractivity contribution in [2.45, 2.75) is 169 Å². The van der Waals surface area contributed by atoms with Crippen LogP contribution in [0, 0.1) is 15.5 Å². The zero-order valence-electron chi connectivity index (χ0n) is 32.1. The number of nitrogens with one attached hydrogen (secondary N) is 1. The molecule has 0 aliphatic rings. The van der Waals surface area contributed by atoms with Gasteiger partial charge in [0.1, 0.15) is 20.9 Å². The molecule has 0 spiro atoms. The number of ether oxygens (including phenoxy) is 3. The Morgan fingerprint density at radius 3 is 2.00 bits per heavy atom. The van der Waals surface area contributed by atoms with E-state index in [4.69, 9.17) is 19.9 Å². The third-order valence-electron chi connectivity index (χ3n) is 8.72. The summed E-state index contributed by atoms with van der Waals surface area (Å²) in [5.74, 6) is -1.06. The minimum Gasteiger partial charge on any atom is -0.465 e. The van der Waals surface area contributed by atoms with Crippen LogP contribution in [-0.2, 0) is 30.3 Å². The highest BCUT2D eigenvalue weighted by molar-refractivity contribution is 14.1. The predicted molar refractivity (Wildman–Crippen MR) is 210 cm³/mol. The molecule has 0 aliphatic heterocycles. The maximum absolute atomic E-state index is 13.0. The number of aromatic nitrogens is 4. The predicted octanol–water partition coefficient (Wildman–Crippen LogP) is 8.92. The molecule has 0 bridgehead atoms. The molecule has 0 aliphatic carbocycles. The van der Waals surface area contributed by atoms with E-state index in [9.17, 15) is 14.4 Å². The van der Waals surface area contributed by atoms with Gasteiger partial charge in [0.25, 0.3) is 0 Å². The minimum absolute atomic E-state index is 0.0700. The molecule has 51 heavy (non-hydrogen) atoms. The van der Waals surface area contributed by atoms with Gasteiger partial charge < -0.3 is 29.8 Å². The highest BCUT2D eigenvalue weighted by atomic mass is 127. The number of hydrogen-bond donors (Lipinski definition) is 2. The number of halogens is 1. The average molecular weight is 829 g/mol. The third-order valence-corrected chi connectivity index (χ3v) is 9.47. The number of hydrogen-bond acceptors (Lipinski definition) is 10. The summed E-state index contributed by atoms with van der Waals surface area (Å²) in [6.45, 7) is 11.8. The number of nitrogens with two attached hydrogens (primary N) is 1. The van der Waals surface area contributed by atoms with Crippen molar-refractivity contribution < 1.29 is 28.6 Å². The molecular formula is C38H65IN6O6. The Morgan fingerprint density at radius 2 is 1.45 bits per heavy atom. The van der Waals surface area contributed by atoms with Crippen LogP contribution in [0.4, 0.5) is 10.7 Å². The number of fused-ring (bicyclic) bond motifs is 1. The van der Waals surface area contributed by atoms with Gasteiger partial charge in [-0.2, -0.15) is 4.98 Å². The lowest BCUT2D eigenvalue weighted by molar-refractivity contribution is -0.150. The minimum atomic E-state index is -0.870. The SMILES string of the molecule is CCCCCCCCCCCCCCCCCC(=O)OC[C@H](CCOC(=O)[C@@H](NC(=O)OC(C)(C)C)C(C)C)Cn1cnc2c(I)nc(N)nc21. The van der Waals surface area contributed by atoms with Crippen LogP contribution in [0.3, 0.4) is 0 Å². The second-order valence-corrected chi connectivity index (χ2v) is 16.0. The van der Waals surface area contributed by atoms with E-state index in [0.29, 0.717) is 34.3 Å². The molecule has 0 unspecified atom stereocenters. The highest BCUT2D eigenvalue weighted by Gasteiger charge is 2.28. The fourth-order valence-corrected chi connectivity index (χ4v) is 6.46. The average Bonchev–Trinajstić information content (AvgIpc) is 3.45. The molecule has 0 fully saturated rings. The lowest BCUT2D eigenvalue weighted by atomic mass is 10.0. The van der Waals surface area contributed by atoms with Crippen LogP contribution >= 0.6 is 22.6 Å². The van der Waals surface area contributed by atoms with Gasteiger partial charge in [-0.15, -0.1) is 0 Å². The first kappa shape index (κ1) is 44.5. The summed E-state index contributed by atoms with van der Waals surface area (Å²) >= 11 is 2.07. The van der Waals surface area contributed by atoms with Crippen LogP contribution in [0.1, 0.15) is 151 Å². The lowest BCUT2D eigenvalue weighted by Crippen LogP contribution is -2.47. The molecule has 1 amide bonds. The summed E-state index contributed by atoms with van der Waals surface area (Å²) < 4.78 is 19.2. The third kappa shape index (κ3) is 19.1. The molecule has 2 aromatic rings. The van der Waals surface area contributed by atoms with Crippen molar-refractivity contribution in [1.29, 1.82) is 0 Å². The molecular weight excluding hydrogens is 763 g/mol. The maximum atomic E-state index is 13.0. The number of rotatable bonds is 26. The van der Waals surface area contributed by atoms with Gasteiger partial charge in [-0.1, -0.05) is 111 Å². The van der Waals surface area contributed by atoms with Crippen molar-refractivity contribution >= 4 is 57.7 Å². The van der Waals surface area contributed by atoms with Gasteiger partial charge in [-0.05, 0) is 62.1 Å². The van der Waals surface area contributed by atoms with Crippen LogP contribution in [0.2, 0.25) is 0 Å². The van der Waals surface area contributed by atoms with Crippen LogP contribution in [0.5, 0.6) is 0 Å². The normalized spacial score (nSPS) is 12.9. The van der Waals surface area contributed by atoms with Crippen molar-refractivity contribution in [3.8, 4) is 0 Å². The smallest absolute Gasteiger partial charge is 0.408 e. The Morgan fingerprint density at radius 1 is 0.882 bits per heavy atom. The van der Waals surface area contributed by atoms with E-state index >= 15 is 0 Å². The van der Waals surface area contributed by atoms with Gasteiger partial charge in [0.05, 0.1) is 19.5 Å². The van der Waals surface area contributed by atoms with Crippen LogP contribution in [0.25, 0.3) is 11.2 Å². The first-order valence-electron chi connectivity index (χ1n) is 19.3.